The maximum absolute atomic E-state index is 11.5. The van der Waals surface area contributed by atoms with Gasteiger partial charge in [0.15, 0.2) is 0 Å². The average Bonchev–Trinajstić information content (AvgIpc) is 2.80. The van der Waals surface area contributed by atoms with Gasteiger partial charge in [0, 0.05) is 13.1 Å². The summed E-state index contributed by atoms with van der Waals surface area (Å²) in [6, 6.07) is 0. The van der Waals surface area contributed by atoms with Gasteiger partial charge in [0.25, 0.3) is 0 Å². The van der Waals surface area contributed by atoms with Crippen molar-refractivity contribution in [3.63, 3.8) is 0 Å². The Balaban J connectivity index is 2.47. The van der Waals surface area contributed by atoms with Crippen molar-refractivity contribution in [2.75, 3.05) is 26.2 Å². The van der Waals surface area contributed by atoms with E-state index in [9.17, 15) is 9.90 Å². The van der Waals surface area contributed by atoms with Crippen LogP contribution in [-0.4, -0.2) is 47.7 Å². The van der Waals surface area contributed by atoms with Crippen LogP contribution in [0.5, 0.6) is 0 Å². The van der Waals surface area contributed by atoms with Gasteiger partial charge in [-0.1, -0.05) is 27.2 Å². The van der Waals surface area contributed by atoms with E-state index >= 15 is 0 Å². The summed E-state index contributed by atoms with van der Waals surface area (Å²) >= 11 is 0. The molecule has 0 aliphatic heterocycles. The smallest absolute Gasteiger partial charge is 0.323 e. The van der Waals surface area contributed by atoms with Gasteiger partial charge in [0.05, 0.1) is 0 Å². The molecule has 1 saturated carbocycles. The van der Waals surface area contributed by atoms with Gasteiger partial charge in [0.2, 0.25) is 0 Å². The summed E-state index contributed by atoms with van der Waals surface area (Å²) < 4.78 is 0. The molecule has 18 heavy (non-hydrogen) atoms. The molecule has 0 aromatic rings. The normalized spacial score (nSPS) is 27.9. The minimum atomic E-state index is -0.669. The highest BCUT2D eigenvalue weighted by Crippen LogP contribution is 2.36. The van der Waals surface area contributed by atoms with E-state index in [1.165, 1.54) is 0 Å². The number of hydrogen-bond donors (Lipinski definition) is 2. The van der Waals surface area contributed by atoms with Crippen molar-refractivity contribution in [1.82, 2.24) is 10.2 Å². The third kappa shape index (κ3) is 3.69. The van der Waals surface area contributed by atoms with E-state index in [0.717, 1.165) is 51.9 Å². The Labute approximate surface area is 111 Å². The Kier molecular flexibility index (Phi) is 6.09. The van der Waals surface area contributed by atoms with Crippen LogP contribution < -0.4 is 5.32 Å². The van der Waals surface area contributed by atoms with Crippen molar-refractivity contribution < 1.29 is 9.90 Å². The summed E-state index contributed by atoms with van der Waals surface area (Å²) in [5, 5.41) is 12.8. The predicted molar refractivity (Wildman–Crippen MR) is 73.8 cm³/mol. The zero-order valence-corrected chi connectivity index (χ0v) is 12.0. The number of rotatable bonds is 8. The first-order valence-electron chi connectivity index (χ1n) is 7.28. The highest BCUT2D eigenvalue weighted by atomic mass is 16.4. The molecule has 2 N–H and O–H groups in total. The van der Waals surface area contributed by atoms with Gasteiger partial charge in [-0.3, -0.25) is 4.79 Å². The fourth-order valence-electron chi connectivity index (χ4n) is 2.92. The van der Waals surface area contributed by atoms with E-state index in [1.54, 1.807) is 0 Å². The molecular formula is C14H28N2O2. The number of likely N-dealkylation sites (N-methyl/N-ethyl adjacent to an activating group) is 1. The summed E-state index contributed by atoms with van der Waals surface area (Å²) in [6.07, 6.45) is 3.70. The fraction of sp³-hybridized carbons (Fsp3) is 0.929. The minimum Gasteiger partial charge on any atom is -0.480 e. The third-order valence-electron chi connectivity index (χ3n) is 4.39. The van der Waals surface area contributed by atoms with Crippen molar-refractivity contribution >= 4 is 5.97 Å². The molecule has 0 bridgehead atoms. The lowest BCUT2D eigenvalue weighted by molar-refractivity contribution is -0.144. The molecule has 0 aromatic carbocycles. The van der Waals surface area contributed by atoms with E-state index < -0.39 is 11.5 Å². The number of nitrogens with zero attached hydrogens (tertiary/aromatic N) is 1. The SMILES string of the molecule is CCC1CCC(NCCN(CC)CC)(C(=O)O)C1. The lowest BCUT2D eigenvalue weighted by Crippen LogP contribution is -2.52. The van der Waals surface area contributed by atoms with Crippen LogP contribution in [0.3, 0.4) is 0 Å². The van der Waals surface area contributed by atoms with Crippen molar-refractivity contribution in [3.8, 4) is 0 Å². The van der Waals surface area contributed by atoms with Crippen molar-refractivity contribution in [1.29, 1.82) is 0 Å². The monoisotopic (exact) mass is 256 g/mol. The van der Waals surface area contributed by atoms with Crippen LogP contribution in [0.4, 0.5) is 0 Å². The Morgan fingerprint density at radius 3 is 2.50 bits per heavy atom. The quantitative estimate of drug-likeness (QED) is 0.697. The lowest BCUT2D eigenvalue weighted by Gasteiger charge is -2.28. The van der Waals surface area contributed by atoms with E-state index in [-0.39, 0.29) is 0 Å². The first-order chi connectivity index (χ1) is 8.57. The zero-order chi connectivity index (χ0) is 13.6. The average molecular weight is 256 g/mol. The van der Waals surface area contributed by atoms with E-state index in [4.69, 9.17) is 0 Å². The minimum absolute atomic E-state index is 0.571. The lowest BCUT2D eigenvalue weighted by atomic mass is 9.95. The second-order valence-corrected chi connectivity index (χ2v) is 5.36. The van der Waals surface area contributed by atoms with Gasteiger partial charge in [-0.2, -0.15) is 0 Å². The van der Waals surface area contributed by atoms with Gasteiger partial charge in [-0.05, 0) is 38.3 Å². The van der Waals surface area contributed by atoms with E-state index in [0.29, 0.717) is 5.92 Å². The zero-order valence-electron chi connectivity index (χ0n) is 12.0. The summed E-state index contributed by atoms with van der Waals surface area (Å²) in [4.78, 5) is 13.8. The molecule has 0 radical (unpaired) electrons. The highest BCUT2D eigenvalue weighted by Gasteiger charge is 2.44. The van der Waals surface area contributed by atoms with Crippen molar-refractivity contribution in [2.24, 2.45) is 5.92 Å². The van der Waals surface area contributed by atoms with Crippen LogP contribution in [0.25, 0.3) is 0 Å². The Morgan fingerprint density at radius 2 is 2.06 bits per heavy atom. The molecule has 4 heteroatoms. The first kappa shape index (κ1) is 15.4. The molecule has 106 valence electrons. The molecule has 1 rings (SSSR count). The Hall–Kier alpha value is -0.610. The maximum Gasteiger partial charge on any atom is 0.323 e. The number of carboxylic acids is 1. The summed E-state index contributed by atoms with van der Waals surface area (Å²) in [5.41, 5.74) is -0.659. The molecule has 1 fully saturated rings. The summed E-state index contributed by atoms with van der Waals surface area (Å²) in [6.45, 7) is 10.2. The topological polar surface area (TPSA) is 52.6 Å². The molecule has 4 nitrogen and oxygen atoms in total. The van der Waals surface area contributed by atoms with Crippen LogP contribution in [0, 0.1) is 5.92 Å². The second-order valence-electron chi connectivity index (χ2n) is 5.36. The fourth-order valence-corrected chi connectivity index (χ4v) is 2.92. The van der Waals surface area contributed by atoms with Crippen LogP contribution in [0.15, 0.2) is 0 Å². The Bertz CT molecular complexity index is 267. The van der Waals surface area contributed by atoms with Gasteiger partial charge in [-0.25, -0.2) is 0 Å². The maximum atomic E-state index is 11.5. The third-order valence-corrected chi connectivity index (χ3v) is 4.39. The predicted octanol–water partition coefficient (Wildman–Crippen LogP) is 1.95. The standard InChI is InChI=1S/C14H28N2O2/c1-4-12-7-8-14(11-12,13(17)18)15-9-10-16(5-2)6-3/h12,15H,4-11H2,1-3H3,(H,17,18). The summed E-state index contributed by atoms with van der Waals surface area (Å²) in [7, 11) is 0. The molecule has 2 atom stereocenters. The molecule has 0 spiro atoms. The molecule has 0 saturated heterocycles. The summed E-state index contributed by atoms with van der Waals surface area (Å²) in [5.74, 6) is -0.0972. The molecule has 0 amide bonds. The number of carbonyl (C=O) groups is 1. The molecule has 0 heterocycles. The number of hydrogen-bond acceptors (Lipinski definition) is 3. The van der Waals surface area contributed by atoms with Crippen molar-refractivity contribution in [2.45, 2.75) is 52.0 Å². The second kappa shape index (κ2) is 7.10. The van der Waals surface area contributed by atoms with E-state index in [1.807, 2.05) is 0 Å². The Morgan fingerprint density at radius 1 is 1.39 bits per heavy atom. The van der Waals surface area contributed by atoms with Crippen LogP contribution >= 0.6 is 0 Å². The first-order valence-corrected chi connectivity index (χ1v) is 7.28. The van der Waals surface area contributed by atoms with Gasteiger partial charge < -0.3 is 15.3 Å². The highest BCUT2D eigenvalue weighted by molar-refractivity contribution is 5.79. The molecule has 0 aromatic heterocycles. The van der Waals surface area contributed by atoms with Crippen LogP contribution in [0.1, 0.15) is 46.5 Å². The van der Waals surface area contributed by atoms with E-state index in [2.05, 4.69) is 31.0 Å². The largest absolute Gasteiger partial charge is 0.480 e. The van der Waals surface area contributed by atoms with Gasteiger partial charge >= 0.3 is 5.97 Å². The van der Waals surface area contributed by atoms with Gasteiger partial charge in [-0.15, -0.1) is 0 Å². The van der Waals surface area contributed by atoms with Crippen molar-refractivity contribution in [3.05, 3.63) is 0 Å². The van der Waals surface area contributed by atoms with Crippen LogP contribution in [-0.2, 0) is 4.79 Å². The number of carboxylic acid groups (broad SMARTS) is 1. The van der Waals surface area contributed by atoms with Gasteiger partial charge in [0.1, 0.15) is 5.54 Å². The molecule has 1 aliphatic carbocycles. The van der Waals surface area contributed by atoms with Crippen LogP contribution in [0.2, 0.25) is 0 Å². The molecule has 2 unspecified atom stereocenters. The molecule has 1 aliphatic rings. The number of aliphatic carboxylic acids is 1. The molecular weight excluding hydrogens is 228 g/mol. The number of nitrogens with one attached hydrogen (secondary N) is 1.